The monoisotopic (exact) mass is 320 g/mol. The summed E-state index contributed by atoms with van der Waals surface area (Å²) in [4.78, 5) is 44.9. The third-order valence-electron chi connectivity index (χ3n) is 2.37. The maximum absolute atomic E-state index is 11.6. The quantitative estimate of drug-likeness (QED) is 0.453. The highest BCUT2D eigenvalue weighted by molar-refractivity contribution is 5.84. The normalized spacial score (nSPS) is 15.9. The molecular weight excluding hydrogens is 300 g/mol. The largest absolute Gasteiger partial charge is 0.479 e. The molecule has 22 heavy (non-hydrogen) atoms. The number of carbonyl (C=O) groups is 4. The molecule has 0 aromatic carbocycles. The number of rotatable bonds is 8. The average Bonchev–Trinajstić information content (AvgIpc) is 2.36. The SMILES string of the molecule is C[C@@H](O)CC(=O)O[C@H](C)C(=O)O[C@H](C)C(=O)O[C@H](C)C(=O)O. The second-order valence-electron chi connectivity index (χ2n) is 4.68. The first kappa shape index (κ1) is 19.8. The molecular formula is C13H20O9. The van der Waals surface area contributed by atoms with Gasteiger partial charge in [0.2, 0.25) is 0 Å². The first-order valence-corrected chi connectivity index (χ1v) is 6.56. The molecule has 126 valence electrons. The maximum Gasteiger partial charge on any atom is 0.347 e. The van der Waals surface area contributed by atoms with E-state index in [2.05, 4.69) is 4.74 Å². The second-order valence-corrected chi connectivity index (χ2v) is 4.68. The van der Waals surface area contributed by atoms with Gasteiger partial charge in [0.1, 0.15) is 0 Å². The number of hydrogen-bond donors (Lipinski definition) is 2. The molecule has 0 aromatic rings. The zero-order valence-corrected chi connectivity index (χ0v) is 12.8. The van der Waals surface area contributed by atoms with E-state index in [0.29, 0.717) is 0 Å². The molecule has 0 saturated carbocycles. The molecule has 0 fully saturated rings. The van der Waals surface area contributed by atoms with Crippen molar-refractivity contribution in [3.63, 3.8) is 0 Å². The minimum atomic E-state index is -1.38. The Morgan fingerprint density at radius 1 is 0.818 bits per heavy atom. The van der Waals surface area contributed by atoms with Gasteiger partial charge in [-0.3, -0.25) is 4.79 Å². The number of aliphatic hydroxyl groups is 1. The standard InChI is InChI=1S/C13H20O9/c1-6(14)5-10(15)20-8(3)12(18)22-9(4)13(19)21-7(2)11(16)17/h6-9,14H,5H2,1-4H3,(H,16,17)/t6-,7-,8-,9-/m1/s1. The molecule has 0 amide bonds. The van der Waals surface area contributed by atoms with E-state index in [1.807, 2.05) is 0 Å². The van der Waals surface area contributed by atoms with E-state index in [1.165, 1.54) is 20.8 Å². The lowest BCUT2D eigenvalue weighted by molar-refractivity contribution is -0.181. The van der Waals surface area contributed by atoms with Gasteiger partial charge < -0.3 is 24.4 Å². The Balaban J connectivity index is 4.36. The van der Waals surface area contributed by atoms with Crippen molar-refractivity contribution in [2.75, 3.05) is 0 Å². The summed E-state index contributed by atoms with van der Waals surface area (Å²) in [7, 11) is 0. The van der Waals surface area contributed by atoms with Gasteiger partial charge in [0.25, 0.3) is 0 Å². The molecule has 9 heteroatoms. The second kappa shape index (κ2) is 8.98. The van der Waals surface area contributed by atoms with Crippen LogP contribution in [-0.2, 0) is 33.4 Å². The van der Waals surface area contributed by atoms with Crippen LogP contribution in [0, 0.1) is 0 Å². The number of esters is 3. The van der Waals surface area contributed by atoms with Gasteiger partial charge in [-0.2, -0.15) is 0 Å². The van der Waals surface area contributed by atoms with Crippen LogP contribution in [-0.4, -0.2) is 58.5 Å². The molecule has 4 atom stereocenters. The van der Waals surface area contributed by atoms with Crippen LogP contribution in [0.4, 0.5) is 0 Å². The van der Waals surface area contributed by atoms with E-state index < -0.39 is 48.3 Å². The molecule has 0 aliphatic carbocycles. The number of hydrogen-bond acceptors (Lipinski definition) is 8. The average molecular weight is 320 g/mol. The summed E-state index contributed by atoms with van der Waals surface area (Å²) in [6.45, 7) is 4.96. The van der Waals surface area contributed by atoms with Gasteiger partial charge >= 0.3 is 23.9 Å². The van der Waals surface area contributed by atoms with Crippen molar-refractivity contribution in [1.29, 1.82) is 0 Å². The van der Waals surface area contributed by atoms with Crippen LogP contribution in [0.1, 0.15) is 34.1 Å². The fraction of sp³-hybridized carbons (Fsp3) is 0.692. The van der Waals surface area contributed by atoms with E-state index in [1.54, 1.807) is 0 Å². The van der Waals surface area contributed by atoms with E-state index in [-0.39, 0.29) is 6.42 Å². The van der Waals surface area contributed by atoms with E-state index in [0.717, 1.165) is 6.92 Å². The van der Waals surface area contributed by atoms with Gasteiger partial charge in [-0.05, 0) is 27.7 Å². The molecule has 0 heterocycles. The van der Waals surface area contributed by atoms with Crippen molar-refractivity contribution in [3.8, 4) is 0 Å². The zero-order chi connectivity index (χ0) is 17.4. The summed E-state index contributed by atoms with van der Waals surface area (Å²) in [6.07, 6.45) is -5.21. The van der Waals surface area contributed by atoms with E-state index in [9.17, 15) is 19.2 Å². The van der Waals surface area contributed by atoms with Crippen LogP contribution in [0.3, 0.4) is 0 Å². The minimum Gasteiger partial charge on any atom is -0.479 e. The predicted molar refractivity (Wildman–Crippen MR) is 70.6 cm³/mol. The molecule has 0 aromatic heterocycles. The molecule has 0 aliphatic rings. The van der Waals surface area contributed by atoms with Gasteiger partial charge in [-0.15, -0.1) is 0 Å². The predicted octanol–water partition coefficient (Wildman–Crippen LogP) is -0.363. The lowest BCUT2D eigenvalue weighted by Gasteiger charge is -2.17. The smallest absolute Gasteiger partial charge is 0.347 e. The van der Waals surface area contributed by atoms with Gasteiger partial charge in [-0.25, -0.2) is 14.4 Å². The van der Waals surface area contributed by atoms with Crippen LogP contribution in [0.15, 0.2) is 0 Å². The van der Waals surface area contributed by atoms with Crippen molar-refractivity contribution >= 4 is 23.9 Å². The molecule has 0 unspecified atom stereocenters. The van der Waals surface area contributed by atoms with Crippen LogP contribution in [0.5, 0.6) is 0 Å². The molecule has 0 spiro atoms. The highest BCUT2D eigenvalue weighted by Crippen LogP contribution is 2.05. The van der Waals surface area contributed by atoms with E-state index >= 15 is 0 Å². The van der Waals surface area contributed by atoms with Crippen molar-refractivity contribution in [2.45, 2.75) is 58.5 Å². The maximum atomic E-state index is 11.6. The van der Waals surface area contributed by atoms with Gasteiger partial charge in [0, 0.05) is 0 Å². The van der Waals surface area contributed by atoms with Crippen molar-refractivity contribution < 1.29 is 43.6 Å². The Hall–Kier alpha value is -2.16. The molecule has 0 rings (SSSR count). The van der Waals surface area contributed by atoms with E-state index in [4.69, 9.17) is 19.7 Å². The summed E-state index contributed by atoms with van der Waals surface area (Å²) >= 11 is 0. The van der Waals surface area contributed by atoms with Crippen molar-refractivity contribution in [3.05, 3.63) is 0 Å². The molecule has 9 nitrogen and oxygen atoms in total. The fourth-order valence-electron chi connectivity index (χ4n) is 1.17. The minimum absolute atomic E-state index is 0.286. The Kier molecular flexibility index (Phi) is 8.10. The molecule has 0 bridgehead atoms. The van der Waals surface area contributed by atoms with Gasteiger partial charge in [-0.1, -0.05) is 0 Å². The Morgan fingerprint density at radius 2 is 1.23 bits per heavy atom. The number of ether oxygens (including phenoxy) is 3. The van der Waals surface area contributed by atoms with Crippen LogP contribution < -0.4 is 0 Å². The number of carboxylic acids is 1. The summed E-state index contributed by atoms with van der Waals surface area (Å²) in [6, 6.07) is 0. The molecule has 0 radical (unpaired) electrons. The number of aliphatic carboxylic acids is 1. The fourth-order valence-corrected chi connectivity index (χ4v) is 1.17. The lowest BCUT2D eigenvalue weighted by atomic mass is 10.3. The molecule has 0 saturated heterocycles. The Labute approximate surface area is 127 Å². The van der Waals surface area contributed by atoms with Gasteiger partial charge in [0.15, 0.2) is 18.3 Å². The number of aliphatic hydroxyl groups excluding tert-OH is 1. The van der Waals surface area contributed by atoms with Crippen LogP contribution >= 0.6 is 0 Å². The van der Waals surface area contributed by atoms with Crippen molar-refractivity contribution in [1.82, 2.24) is 0 Å². The third-order valence-corrected chi connectivity index (χ3v) is 2.37. The summed E-state index contributed by atoms with van der Waals surface area (Å²) in [5.74, 6) is -4.17. The number of carbonyl (C=O) groups excluding carboxylic acids is 3. The highest BCUT2D eigenvalue weighted by Gasteiger charge is 2.27. The summed E-state index contributed by atoms with van der Waals surface area (Å²) in [5, 5.41) is 17.6. The Morgan fingerprint density at radius 3 is 1.64 bits per heavy atom. The summed E-state index contributed by atoms with van der Waals surface area (Å²) < 4.78 is 13.9. The lowest BCUT2D eigenvalue weighted by Crippen LogP contribution is -2.35. The van der Waals surface area contributed by atoms with Gasteiger partial charge in [0.05, 0.1) is 12.5 Å². The summed E-state index contributed by atoms with van der Waals surface area (Å²) in [5.41, 5.74) is 0. The zero-order valence-electron chi connectivity index (χ0n) is 12.8. The number of carboxylic acid groups (broad SMARTS) is 1. The van der Waals surface area contributed by atoms with Crippen molar-refractivity contribution in [2.24, 2.45) is 0 Å². The first-order chi connectivity index (χ1) is 10.0. The molecule has 2 N–H and O–H groups in total. The highest BCUT2D eigenvalue weighted by atomic mass is 16.6. The Bertz CT molecular complexity index is 429. The van der Waals surface area contributed by atoms with Crippen LogP contribution in [0.25, 0.3) is 0 Å². The third kappa shape index (κ3) is 7.58. The topological polar surface area (TPSA) is 136 Å². The first-order valence-electron chi connectivity index (χ1n) is 6.56. The molecule has 0 aliphatic heterocycles. The van der Waals surface area contributed by atoms with Crippen LogP contribution in [0.2, 0.25) is 0 Å².